The summed E-state index contributed by atoms with van der Waals surface area (Å²) in [7, 11) is -2.86. The van der Waals surface area contributed by atoms with Gasteiger partial charge in [0.25, 0.3) is 0 Å². The second-order valence-corrected chi connectivity index (χ2v) is 7.53. The molecule has 1 aliphatic rings. The zero-order valence-electron chi connectivity index (χ0n) is 10.7. The van der Waals surface area contributed by atoms with Crippen LogP contribution in [0.2, 0.25) is 0 Å². The van der Waals surface area contributed by atoms with Crippen molar-refractivity contribution < 1.29 is 8.42 Å². The number of nitrogens with one attached hydrogen (secondary N) is 1. The van der Waals surface area contributed by atoms with Gasteiger partial charge in [0, 0.05) is 18.3 Å². The van der Waals surface area contributed by atoms with Gasteiger partial charge in [0.05, 0.1) is 5.75 Å². The third-order valence-corrected chi connectivity index (χ3v) is 4.56. The van der Waals surface area contributed by atoms with Crippen molar-refractivity contribution in [1.29, 1.82) is 0 Å². The van der Waals surface area contributed by atoms with E-state index in [2.05, 4.69) is 12.2 Å². The molecule has 0 amide bonds. The highest BCUT2D eigenvalue weighted by Crippen LogP contribution is 2.26. The fourth-order valence-electron chi connectivity index (χ4n) is 2.72. The lowest BCUT2D eigenvalue weighted by Crippen LogP contribution is -2.43. The average Bonchev–Trinajstić information content (AvgIpc) is 2.16. The number of hydrogen-bond acceptors (Lipinski definition) is 3. The van der Waals surface area contributed by atoms with E-state index in [0.29, 0.717) is 6.04 Å². The van der Waals surface area contributed by atoms with E-state index >= 15 is 0 Å². The molecule has 16 heavy (non-hydrogen) atoms. The number of hydrogen-bond donors (Lipinski definition) is 1. The highest BCUT2D eigenvalue weighted by molar-refractivity contribution is 7.90. The predicted octanol–water partition coefficient (Wildman–Crippen LogP) is 1.98. The van der Waals surface area contributed by atoms with Gasteiger partial charge in [-0.3, -0.25) is 0 Å². The van der Waals surface area contributed by atoms with E-state index in [-0.39, 0.29) is 11.8 Å². The van der Waals surface area contributed by atoms with Gasteiger partial charge in [-0.25, -0.2) is 8.42 Å². The lowest BCUT2D eigenvalue weighted by atomic mass is 9.84. The van der Waals surface area contributed by atoms with Crippen LogP contribution < -0.4 is 5.32 Å². The predicted molar refractivity (Wildman–Crippen MR) is 68.3 cm³/mol. The lowest BCUT2D eigenvalue weighted by Gasteiger charge is -2.30. The molecule has 0 heterocycles. The minimum Gasteiger partial charge on any atom is -0.310 e. The molecule has 0 bridgehead atoms. The Hall–Kier alpha value is -0.0900. The van der Waals surface area contributed by atoms with Crippen molar-refractivity contribution >= 4 is 9.84 Å². The zero-order valence-corrected chi connectivity index (χ0v) is 11.5. The lowest BCUT2D eigenvalue weighted by molar-refractivity contribution is 0.271. The van der Waals surface area contributed by atoms with Crippen molar-refractivity contribution in [3.8, 4) is 0 Å². The molecule has 1 saturated carbocycles. The first-order chi connectivity index (χ1) is 7.38. The van der Waals surface area contributed by atoms with E-state index in [1.165, 1.54) is 38.4 Å². The van der Waals surface area contributed by atoms with Crippen molar-refractivity contribution in [2.45, 2.75) is 58.0 Å². The molecule has 96 valence electrons. The molecule has 2 atom stereocenters. The molecule has 1 unspecified atom stereocenters. The van der Waals surface area contributed by atoms with Crippen LogP contribution in [0.4, 0.5) is 0 Å². The second-order valence-electron chi connectivity index (χ2n) is 5.35. The van der Waals surface area contributed by atoms with Gasteiger partial charge in [-0.1, -0.05) is 19.3 Å². The van der Waals surface area contributed by atoms with Crippen LogP contribution in [-0.4, -0.2) is 32.5 Å². The minimum atomic E-state index is -2.86. The first-order valence-corrected chi connectivity index (χ1v) is 8.38. The third-order valence-electron chi connectivity index (χ3n) is 3.46. The fourth-order valence-corrected chi connectivity index (χ4v) is 3.73. The fraction of sp³-hybridized carbons (Fsp3) is 1.00. The number of sulfone groups is 1. The topological polar surface area (TPSA) is 46.2 Å². The van der Waals surface area contributed by atoms with Crippen molar-refractivity contribution in [3.63, 3.8) is 0 Å². The summed E-state index contributed by atoms with van der Waals surface area (Å²) in [5.74, 6) is 0.972. The smallest absolute Gasteiger partial charge is 0.148 e. The van der Waals surface area contributed by atoms with Crippen LogP contribution in [0.3, 0.4) is 0 Å². The highest BCUT2D eigenvalue weighted by atomic mass is 32.2. The van der Waals surface area contributed by atoms with E-state index in [1.807, 2.05) is 6.92 Å². The normalized spacial score (nSPS) is 22.9. The van der Waals surface area contributed by atoms with Crippen LogP contribution in [0.15, 0.2) is 0 Å². The largest absolute Gasteiger partial charge is 0.310 e. The Kier molecular flexibility index (Phi) is 5.25. The second kappa shape index (κ2) is 6.01. The first kappa shape index (κ1) is 14.0. The van der Waals surface area contributed by atoms with Gasteiger partial charge < -0.3 is 5.32 Å². The van der Waals surface area contributed by atoms with Crippen LogP contribution in [0, 0.1) is 5.92 Å². The maximum Gasteiger partial charge on any atom is 0.148 e. The van der Waals surface area contributed by atoms with Crippen molar-refractivity contribution in [2.24, 2.45) is 5.92 Å². The Balaban J connectivity index is 2.34. The summed E-state index contributed by atoms with van der Waals surface area (Å²) in [6, 6.07) is 0.504. The molecule has 1 aliphatic carbocycles. The van der Waals surface area contributed by atoms with Crippen molar-refractivity contribution in [2.75, 3.05) is 12.0 Å². The molecule has 0 spiro atoms. The maximum absolute atomic E-state index is 11.2. The molecule has 1 fully saturated rings. The summed E-state index contributed by atoms with van der Waals surface area (Å²) < 4.78 is 22.3. The molecular formula is C12H25NO2S. The Morgan fingerprint density at radius 1 is 1.19 bits per heavy atom. The van der Waals surface area contributed by atoms with E-state index in [0.717, 1.165) is 5.92 Å². The highest BCUT2D eigenvalue weighted by Gasteiger charge is 2.22. The summed E-state index contributed by atoms with van der Waals surface area (Å²) in [5, 5.41) is 3.43. The van der Waals surface area contributed by atoms with Gasteiger partial charge in [0.2, 0.25) is 0 Å². The zero-order chi connectivity index (χ0) is 12.2. The number of rotatable bonds is 5. The van der Waals surface area contributed by atoms with Crippen molar-refractivity contribution in [1.82, 2.24) is 5.32 Å². The van der Waals surface area contributed by atoms with Crippen LogP contribution in [0.5, 0.6) is 0 Å². The summed E-state index contributed by atoms with van der Waals surface area (Å²) in [6.07, 6.45) is 7.91. The van der Waals surface area contributed by atoms with Gasteiger partial charge in [-0.15, -0.1) is 0 Å². The van der Waals surface area contributed by atoms with Gasteiger partial charge in [0.1, 0.15) is 9.84 Å². The summed E-state index contributed by atoms with van der Waals surface area (Å²) in [6.45, 7) is 4.15. The Bertz CT molecular complexity index is 294. The molecular weight excluding hydrogens is 222 g/mol. The molecule has 1 rings (SSSR count). The summed E-state index contributed by atoms with van der Waals surface area (Å²) >= 11 is 0. The molecule has 0 aromatic carbocycles. The molecule has 0 aromatic heterocycles. The van der Waals surface area contributed by atoms with Crippen LogP contribution in [0.25, 0.3) is 0 Å². The van der Waals surface area contributed by atoms with E-state index in [9.17, 15) is 8.42 Å². The Labute approximate surface area is 99.9 Å². The van der Waals surface area contributed by atoms with Gasteiger partial charge >= 0.3 is 0 Å². The third kappa shape index (κ3) is 5.30. The van der Waals surface area contributed by atoms with Gasteiger partial charge in [-0.05, 0) is 32.6 Å². The van der Waals surface area contributed by atoms with Crippen molar-refractivity contribution in [3.05, 3.63) is 0 Å². The summed E-state index contributed by atoms with van der Waals surface area (Å²) in [4.78, 5) is 0. The standard InChI is InChI=1S/C12H25NO2S/c1-10(9-16(3,14)15)13-11(2)12-7-5-4-6-8-12/h10-13H,4-9H2,1-3H3/t10?,11-/m0/s1. The minimum absolute atomic E-state index is 0.0620. The molecule has 3 nitrogen and oxygen atoms in total. The molecule has 0 aliphatic heterocycles. The van der Waals surface area contributed by atoms with E-state index in [4.69, 9.17) is 0 Å². The monoisotopic (exact) mass is 247 g/mol. The molecule has 0 aromatic rings. The molecule has 0 saturated heterocycles. The maximum atomic E-state index is 11.2. The van der Waals surface area contributed by atoms with Gasteiger partial charge in [-0.2, -0.15) is 0 Å². The van der Waals surface area contributed by atoms with E-state index in [1.54, 1.807) is 0 Å². The van der Waals surface area contributed by atoms with Crippen LogP contribution in [-0.2, 0) is 9.84 Å². The van der Waals surface area contributed by atoms with Gasteiger partial charge in [0.15, 0.2) is 0 Å². The molecule has 1 N–H and O–H groups in total. The first-order valence-electron chi connectivity index (χ1n) is 6.32. The molecule has 0 radical (unpaired) electrons. The quantitative estimate of drug-likeness (QED) is 0.808. The van der Waals surface area contributed by atoms with Crippen LogP contribution in [0.1, 0.15) is 46.0 Å². The summed E-state index contributed by atoms with van der Waals surface area (Å²) in [5.41, 5.74) is 0. The Morgan fingerprint density at radius 2 is 1.75 bits per heavy atom. The average molecular weight is 247 g/mol. The van der Waals surface area contributed by atoms with Crippen LogP contribution >= 0.6 is 0 Å². The SMILES string of the molecule is CC(CS(C)(=O)=O)N[C@@H](C)C1CCCCC1. The molecule has 4 heteroatoms. The van der Waals surface area contributed by atoms with E-state index < -0.39 is 9.84 Å². The Morgan fingerprint density at radius 3 is 2.25 bits per heavy atom.